The van der Waals surface area contributed by atoms with Crippen LogP contribution >= 0.6 is 0 Å². The molecule has 1 aromatic carbocycles. The van der Waals surface area contributed by atoms with Crippen LogP contribution in [0.1, 0.15) is 37.3 Å². The van der Waals surface area contributed by atoms with Crippen molar-refractivity contribution in [3.63, 3.8) is 0 Å². The molecule has 102 valence electrons. The first kappa shape index (κ1) is 14.0. The van der Waals surface area contributed by atoms with Gasteiger partial charge in [-0.1, -0.05) is 13.3 Å². The minimum absolute atomic E-state index is 0.0833. The average Bonchev–Trinajstić information content (AvgIpc) is 3.06. The monoisotopic (exact) mass is 278 g/mol. The van der Waals surface area contributed by atoms with Crippen molar-refractivity contribution in [1.82, 2.24) is 4.72 Å². The van der Waals surface area contributed by atoms with Gasteiger partial charge in [0.25, 0.3) is 0 Å². The summed E-state index contributed by atoms with van der Waals surface area (Å²) in [5, 5.41) is 8.79. The molecule has 5 heteroatoms. The van der Waals surface area contributed by atoms with Gasteiger partial charge in [-0.2, -0.15) is 5.26 Å². The van der Waals surface area contributed by atoms with Crippen LogP contribution in [0.25, 0.3) is 0 Å². The molecule has 1 aliphatic carbocycles. The molecule has 0 aliphatic heterocycles. The first-order valence-corrected chi connectivity index (χ1v) is 7.99. The molecule has 0 spiro atoms. The maximum absolute atomic E-state index is 12.3. The smallest absolute Gasteiger partial charge is 0.208 e. The number of sulfonamides is 1. The standard InChI is InChI=1S/C14H18N2O2S/c1-3-4-12-8-13(12)16-19(17,18)14-6-5-11(9-15)7-10(14)2/h5-7,12-13,16H,3-4,8H2,1-2H3. The van der Waals surface area contributed by atoms with Crippen molar-refractivity contribution in [1.29, 1.82) is 5.26 Å². The number of hydrogen-bond donors (Lipinski definition) is 1. The van der Waals surface area contributed by atoms with Gasteiger partial charge in [-0.25, -0.2) is 13.1 Å². The third kappa shape index (κ3) is 3.14. The second kappa shape index (κ2) is 5.32. The Kier molecular flexibility index (Phi) is 3.93. The highest BCUT2D eigenvalue weighted by atomic mass is 32.2. The van der Waals surface area contributed by atoms with Gasteiger partial charge < -0.3 is 0 Å². The van der Waals surface area contributed by atoms with Crippen molar-refractivity contribution in [2.45, 2.75) is 44.0 Å². The Bertz CT molecular complexity index is 617. The Labute approximate surface area is 114 Å². The molecule has 0 bridgehead atoms. The van der Waals surface area contributed by atoms with Crippen molar-refractivity contribution in [2.75, 3.05) is 0 Å². The van der Waals surface area contributed by atoms with Gasteiger partial charge in [-0.05, 0) is 49.4 Å². The predicted molar refractivity (Wildman–Crippen MR) is 73.0 cm³/mol. The SMILES string of the molecule is CCCC1CC1NS(=O)(=O)c1ccc(C#N)cc1C. The van der Waals surface area contributed by atoms with E-state index in [0.717, 1.165) is 19.3 Å². The Morgan fingerprint density at radius 3 is 2.79 bits per heavy atom. The number of benzene rings is 1. The van der Waals surface area contributed by atoms with E-state index in [1.54, 1.807) is 13.0 Å². The van der Waals surface area contributed by atoms with Crippen molar-refractivity contribution >= 4 is 10.0 Å². The molecule has 1 aliphatic rings. The number of nitrogens with zero attached hydrogens (tertiary/aromatic N) is 1. The molecule has 1 saturated carbocycles. The molecule has 2 unspecified atom stereocenters. The van der Waals surface area contributed by atoms with Crippen LogP contribution in [0.2, 0.25) is 0 Å². The summed E-state index contributed by atoms with van der Waals surface area (Å²) in [5.41, 5.74) is 1.09. The number of rotatable bonds is 5. The molecule has 19 heavy (non-hydrogen) atoms. The van der Waals surface area contributed by atoms with Crippen LogP contribution in [0.5, 0.6) is 0 Å². The zero-order valence-electron chi connectivity index (χ0n) is 11.2. The van der Waals surface area contributed by atoms with Crippen LogP contribution in [0.15, 0.2) is 23.1 Å². The van der Waals surface area contributed by atoms with Gasteiger partial charge >= 0.3 is 0 Å². The molecule has 1 fully saturated rings. The summed E-state index contributed by atoms with van der Waals surface area (Å²) in [6, 6.07) is 6.74. The van der Waals surface area contributed by atoms with E-state index in [0.29, 0.717) is 17.0 Å². The Morgan fingerprint density at radius 2 is 2.21 bits per heavy atom. The van der Waals surface area contributed by atoms with Gasteiger partial charge in [0.05, 0.1) is 16.5 Å². The molecule has 0 amide bonds. The zero-order chi connectivity index (χ0) is 14.0. The van der Waals surface area contributed by atoms with E-state index >= 15 is 0 Å². The second-order valence-electron chi connectivity index (χ2n) is 5.10. The molecular formula is C14H18N2O2S. The summed E-state index contributed by atoms with van der Waals surface area (Å²) < 4.78 is 27.3. The molecule has 4 nitrogen and oxygen atoms in total. The molecule has 0 saturated heterocycles. The molecule has 1 aromatic rings. The Hall–Kier alpha value is -1.38. The van der Waals surface area contributed by atoms with Crippen molar-refractivity contribution in [3.8, 4) is 6.07 Å². The van der Waals surface area contributed by atoms with Crippen LogP contribution < -0.4 is 4.72 Å². The second-order valence-corrected chi connectivity index (χ2v) is 6.79. The maximum Gasteiger partial charge on any atom is 0.241 e. The Morgan fingerprint density at radius 1 is 1.47 bits per heavy atom. The van der Waals surface area contributed by atoms with E-state index in [2.05, 4.69) is 11.6 Å². The molecule has 2 rings (SSSR count). The first-order valence-electron chi connectivity index (χ1n) is 6.51. The lowest BCUT2D eigenvalue weighted by atomic mass is 10.2. The number of hydrogen-bond acceptors (Lipinski definition) is 3. The highest BCUT2D eigenvalue weighted by Crippen LogP contribution is 2.35. The van der Waals surface area contributed by atoms with Crippen molar-refractivity contribution in [2.24, 2.45) is 5.92 Å². The number of nitriles is 1. The maximum atomic E-state index is 12.3. The van der Waals surface area contributed by atoms with Crippen molar-refractivity contribution in [3.05, 3.63) is 29.3 Å². The summed E-state index contributed by atoms with van der Waals surface area (Å²) in [4.78, 5) is 0.272. The highest BCUT2D eigenvalue weighted by Gasteiger charge is 2.39. The van der Waals surface area contributed by atoms with Crippen LogP contribution in [0.3, 0.4) is 0 Å². The third-order valence-corrected chi connectivity index (χ3v) is 5.13. The van der Waals surface area contributed by atoms with Crippen LogP contribution in [0.4, 0.5) is 0 Å². The van der Waals surface area contributed by atoms with Crippen molar-refractivity contribution < 1.29 is 8.42 Å². The van der Waals surface area contributed by atoms with Gasteiger partial charge in [0.2, 0.25) is 10.0 Å². The summed E-state index contributed by atoms with van der Waals surface area (Å²) in [7, 11) is -3.46. The lowest BCUT2D eigenvalue weighted by Crippen LogP contribution is -2.27. The van der Waals surface area contributed by atoms with E-state index in [9.17, 15) is 8.42 Å². The summed E-state index contributed by atoms with van der Waals surface area (Å²) in [5.74, 6) is 0.485. The quantitative estimate of drug-likeness (QED) is 0.898. The topological polar surface area (TPSA) is 70.0 Å². The number of aryl methyl sites for hydroxylation is 1. The van der Waals surface area contributed by atoms with E-state index in [-0.39, 0.29) is 10.9 Å². The molecule has 0 heterocycles. The third-order valence-electron chi connectivity index (χ3n) is 3.48. The van der Waals surface area contributed by atoms with Gasteiger partial charge in [-0.3, -0.25) is 0 Å². The van der Waals surface area contributed by atoms with Gasteiger partial charge in [0.15, 0.2) is 0 Å². The average molecular weight is 278 g/mol. The van der Waals surface area contributed by atoms with Gasteiger partial charge in [0, 0.05) is 6.04 Å². The molecule has 0 aromatic heterocycles. The van der Waals surface area contributed by atoms with Gasteiger partial charge in [0.1, 0.15) is 0 Å². The minimum atomic E-state index is -3.46. The van der Waals surface area contributed by atoms with E-state index in [1.807, 2.05) is 6.07 Å². The molecule has 2 atom stereocenters. The minimum Gasteiger partial charge on any atom is -0.208 e. The van der Waals surface area contributed by atoms with Crippen LogP contribution in [-0.4, -0.2) is 14.5 Å². The normalized spacial score (nSPS) is 21.9. The summed E-state index contributed by atoms with van der Waals surface area (Å²) in [6.45, 7) is 3.82. The van der Waals surface area contributed by atoms with Crippen LogP contribution in [0, 0.1) is 24.2 Å². The fraction of sp³-hybridized carbons (Fsp3) is 0.500. The fourth-order valence-electron chi connectivity index (χ4n) is 2.36. The lowest BCUT2D eigenvalue weighted by Gasteiger charge is -2.09. The fourth-order valence-corrected chi connectivity index (χ4v) is 3.91. The summed E-state index contributed by atoms with van der Waals surface area (Å²) >= 11 is 0. The lowest BCUT2D eigenvalue weighted by molar-refractivity contribution is 0.572. The molecule has 0 radical (unpaired) electrons. The van der Waals surface area contributed by atoms with E-state index < -0.39 is 10.0 Å². The number of nitrogens with one attached hydrogen (secondary N) is 1. The largest absolute Gasteiger partial charge is 0.241 e. The predicted octanol–water partition coefficient (Wildman–Crippen LogP) is 2.33. The first-order chi connectivity index (χ1) is 8.97. The molecule has 1 N–H and O–H groups in total. The molecular weight excluding hydrogens is 260 g/mol. The van der Waals surface area contributed by atoms with E-state index in [4.69, 9.17) is 5.26 Å². The van der Waals surface area contributed by atoms with Crippen LogP contribution in [-0.2, 0) is 10.0 Å². The highest BCUT2D eigenvalue weighted by molar-refractivity contribution is 7.89. The zero-order valence-corrected chi connectivity index (χ0v) is 12.0. The Balaban J connectivity index is 2.15. The van der Waals surface area contributed by atoms with Gasteiger partial charge in [-0.15, -0.1) is 0 Å². The summed E-state index contributed by atoms with van der Waals surface area (Å²) in [6.07, 6.45) is 3.08. The van der Waals surface area contributed by atoms with E-state index in [1.165, 1.54) is 12.1 Å².